The van der Waals surface area contributed by atoms with E-state index in [-0.39, 0.29) is 28.4 Å². The molecule has 0 unspecified atom stereocenters. The average Bonchev–Trinajstić information content (AvgIpc) is 2.78. The van der Waals surface area contributed by atoms with E-state index in [1.165, 1.54) is 30.1 Å². The van der Waals surface area contributed by atoms with Crippen LogP contribution >= 0.6 is 0 Å². The summed E-state index contributed by atoms with van der Waals surface area (Å²) in [4.78, 5) is 12.1. The molecule has 2 aromatic rings. The Hall–Kier alpha value is -3.01. The molecule has 0 saturated heterocycles. The summed E-state index contributed by atoms with van der Waals surface area (Å²) in [5.74, 6) is -0.500. The van der Waals surface area contributed by atoms with Gasteiger partial charge in [-0.15, -0.1) is 0 Å². The molecule has 1 aromatic carbocycles. The maximum atomic E-state index is 12.1. The first-order valence-electron chi connectivity index (χ1n) is 5.68. The van der Waals surface area contributed by atoms with Gasteiger partial charge in [-0.1, -0.05) is 6.07 Å². The number of benzene rings is 1. The second-order valence-corrected chi connectivity index (χ2v) is 3.99. The molecule has 1 heterocycles. The predicted octanol–water partition coefficient (Wildman–Crippen LogP) is 1.26. The lowest BCUT2D eigenvalue weighted by Crippen LogP contribution is -2.13. The Morgan fingerprint density at radius 2 is 2.30 bits per heavy atom. The third kappa shape index (κ3) is 2.40. The number of phenolic OH excluding ortho intramolecular Hbond substituents is 1. The van der Waals surface area contributed by atoms with Crippen LogP contribution in [0.25, 0.3) is 0 Å². The van der Waals surface area contributed by atoms with Crippen molar-refractivity contribution >= 4 is 11.7 Å². The number of ether oxygens (including phenoxy) is 1. The Labute approximate surface area is 115 Å². The number of aromatic hydroxyl groups is 1. The van der Waals surface area contributed by atoms with Crippen molar-refractivity contribution < 1.29 is 14.6 Å². The molecule has 0 aliphatic rings. The standard InChI is InChI=1S/C13H12N4O3/c1-17-7-8(6-14)12(16-17)15-13(19)9-4-3-5-10(20-2)11(9)18/h3-5,7,18H,1-2H3,(H,15,16,19). The number of carbonyl (C=O) groups excluding carboxylic acids is 1. The molecule has 0 atom stereocenters. The van der Waals surface area contributed by atoms with Crippen molar-refractivity contribution in [3.8, 4) is 17.6 Å². The SMILES string of the molecule is COc1cccc(C(=O)Nc2nn(C)cc2C#N)c1O. The van der Waals surface area contributed by atoms with Gasteiger partial charge in [0.25, 0.3) is 5.91 Å². The molecule has 102 valence electrons. The van der Waals surface area contributed by atoms with E-state index in [2.05, 4.69) is 10.4 Å². The second kappa shape index (κ2) is 5.32. The first-order valence-corrected chi connectivity index (χ1v) is 5.68. The smallest absolute Gasteiger partial charge is 0.260 e. The Balaban J connectivity index is 2.31. The number of nitrogens with zero attached hydrogens (tertiary/aromatic N) is 3. The number of hydrogen-bond acceptors (Lipinski definition) is 5. The number of nitrogens with one attached hydrogen (secondary N) is 1. The fourth-order valence-corrected chi connectivity index (χ4v) is 1.71. The van der Waals surface area contributed by atoms with Crippen LogP contribution in [0.2, 0.25) is 0 Å². The number of phenols is 1. The van der Waals surface area contributed by atoms with E-state index in [9.17, 15) is 9.90 Å². The van der Waals surface area contributed by atoms with Crippen LogP contribution in [0.3, 0.4) is 0 Å². The Kier molecular flexibility index (Phi) is 3.57. The normalized spacial score (nSPS) is 9.85. The van der Waals surface area contributed by atoms with Crippen molar-refractivity contribution in [1.82, 2.24) is 9.78 Å². The number of aromatic nitrogens is 2. The molecule has 1 aromatic heterocycles. The molecule has 0 aliphatic carbocycles. The van der Waals surface area contributed by atoms with Crippen molar-refractivity contribution in [2.45, 2.75) is 0 Å². The van der Waals surface area contributed by atoms with Crippen LogP contribution in [-0.4, -0.2) is 27.9 Å². The Bertz CT molecular complexity index is 700. The molecule has 0 fully saturated rings. The Morgan fingerprint density at radius 3 is 2.95 bits per heavy atom. The molecule has 2 rings (SSSR count). The first kappa shape index (κ1) is 13.4. The van der Waals surface area contributed by atoms with Crippen LogP contribution in [0.15, 0.2) is 24.4 Å². The number of aryl methyl sites for hydroxylation is 1. The van der Waals surface area contributed by atoms with E-state index in [0.717, 1.165) is 0 Å². The number of para-hydroxylation sites is 1. The lowest BCUT2D eigenvalue weighted by Gasteiger charge is -2.08. The summed E-state index contributed by atoms with van der Waals surface area (Å²) in [6.45, 7) is 0. The topological polar surface area (TPSA) is 100 Å². The monoisotopic (exact) mass is 272 g/mol. The molecule has 0 saturated carbocycles. The maximum Gasteiger partial charge on any atom is 0.260 e. The van der Waals surface area contributed by atoms with Gasteiger partial charge >= 0.3 is 0 Å². The van der Waals surface area contributed by atoms with E-state index >= 15 is 0 Å². The van der Waals surface area contributed by atoms with Crippen LogP contribution in [0.5, 0.6) is 11.5 Å². The Morgan fingerprint density at radius 1 is 1.55 bits per heavy atom. The maximum absolute atomic E-state index is 12.1. The molecule has 7 nitrogen and oxygen atoms in total. The predicted molar refractivity (Wildman–Crippen MR) is 70.5 cm³/mol. The van der Waals surface area contributed by atoms with Gasteiger partial charge in [-0.2, -0.15) is 10.4 Å². The molecular formula is C13H12N4O3. The summed E-state index contributed by atoms with van der Waals surface area (Å²) >= 11 is 0. The van der Waals surface area contributed by atoms with E-state index in [1.54, 1.807) is 13.1 Å². The number of rotatable bonds is 3. The lowest BCUT2D eigenvalue weighted by atomic mass is 10.1. The lowest BCUT2D eigenvalue weighted by molar-refractivity contribution is 0.102. The van der Waals surface area contributed by atoms with Gasteiger partial charge in [0.15, 0.2) is 17.3 Å². The number of anilines is 1. The molecule has 1 amide bonds. The van der Waals surface area contributed by atoms with Gasteiger partial charge in [0, 0.05) is 13.2 Å². The van der Waals surface area contributed by atoms with Crippen molar-refractivity contribution in [3.05, 3.63) is 35.5 Å². The zero-order valence-corrected chi connectivity index (χ0v) is 10.9. The molecule has 20 heavy (non-hydrogen) atoms. The van der Waals surface area contributed by atoms with Crippen LogP contribution in [-0.2, 0) is 7.05 Å². The first-order chi connectivity index (χ1) is 9.56. The number of methoxy groups -OCH3 is 1. The molecule has 2 N–H and O–H groups in total. The summed E-state index contributed by atoms with van der Waals surface area (Å²) in [5.41, 5.74) is 0.280. The third-order valence-corrected chi connectivity index (χ3v) is 2.64. The van der Waals surface area contributed by atoms with Gasteiger partial charge in [0.1, 0.15) is 11.6 Å². The third-order valence-electron chi connectivity index (χ3n) is 2.64. The van der Waals surface area contributed by atoms with Crippen LogP contribution in [0, 0.1) is 11.3 Å². The number of hydrogen-bond donors (Lipinski definition) is 2. The summed E-state index contributed by atoms with van der Waals surface area (Å²) < 4.78 is 6.35. The van der Waals surface area contributed by atoms with Crippen LogP contribution in [0.1, 0.15) is 15.9 Å². The molecule has 0 radical (unpaired) electrons. The van der Waals surface area contributed by atoms with Gasteiger partial charge in [-0.3, -0.25) is 9.48 Å². The highest BCUT2D eigenvalue weighted by atomic mass is 16.5. The summed E-state index contributed by atoms with van der Waals surface area (Å²) in [5, 5.41) is 25.3. The minimum absolute atomic E-state index is 0.0406. The quantitative estimate of drug-likeness (QED) is 0.876. The van der Waals surface area contributed by atoms with Crippen molar-refractivity contribution in [2.24, 2.45) is 7.05 Å². The van der Waals surface area contributed by atoms with Crippen LogP contribution < -0.4 is 10.1 Å². The minimum atomic E-state index is -0.573. The fourth-order valence-electron chi connectivity index (χ4n) is 1.71. The molecule has 0 bridgehead atoms. The van der Waals surface area contributed by atoms with Gasteiger partial charge in [-0.25, -0.2) is 0 Å². The second-order valence-electron chi connectivity index (χ2n) is 3.99. The van der Waals surface area contributed by atoms with Crippen LogP contribution in [0.4, 0.5) is 5.82 Å². The molecule has 0 spiro atoms. The minimum Gasteiger partial charge on any atom is -0.504 e. The number of amides is 1. The van der Waals surface area contributed by atoms with Gasteiger partial charge < -0.3 is 15.2 Å². The number of nitriles is 1. The molecular weight excluding hydrogens is 260 g/mol. The summed E-state index contributed by atoms with van der Waals surface area (Å²) in [7, 11) is 3.03. The van der Waals surface area contributed by atoms with Gasteiger partial charge in [0.05, 0.1) is 12.7 Å². The number of carbonyl (C=O) groups is 1. The van der Waals surface area contributed by atoms with Gasteiger partial charge in [0.2, 0.25) is 0 Å². The molecule has 7 heteroatoms. The van der Waals surface area contributed by atoms with Gasteiger partial charge in [-0.05, 0) is 12.1 Å². The summed E-state index contributed by atoms with van der Waals surface area (Å²) in [6, 6.07) is 6.49. The zero-order chi connectivity index (χ0) is 14.7. The zero-order valence-electron chi connectivity index (χ0n) is 10.9. The fraction of sp³-hybridized carbons (Fsp3) is 0.154. The highest BCUT2D eigenvalue weighted by Crippen LogP contribution is 2.29. The van der Waals surface area contributed by atoms with Crippen molar-refractivity contribution in [1.29, 1.82) is 5.26 Å². The highest BCUT2D eigenvalue weighted by molar-refractivity contribution is 6.06. The average molecular weight is 272 g/mol. The largest absolute Gasteiger partial charge is 0.504 e. The van der Waals surface area contributed by atoms with Crippen molar-refractivity contribution in [2.75, 3.05) is 12.4 Å². The van der Waals surface area contributed by atoms with E-state index in [1.807, 2.05) is 6.07 Å². The van der Waals surface area contributed by atoms with E-state index in [4.69, 9.17) is 10.00 Å². The van der Waals surface area contributed by atoms with Crippen molar-refractivity contribution in [3.63, 3.8) is 0 Å². The van der Waals surface area contributed by atoms with E-state index < -0.39 is 5.91 Å². The van der Waals surface area contributed by atoms with E-state index in [0.29, 0.717) is 0 Å². The highest BCUT2D eigenvalue weighted by Gasteiger charge is 2.17. The summed E-state index contributed by atoms with van der Waals surface area (Å²) in [6.07, 6.45) is 1.49. The molecule has 0 aliphatic heterocycles.